The Labute approximate surface area is 128 Å². The fraction of sp³-hybridized carbons (Fsp3) is 0.706. The second kappa shape index (κ2) is 7.23. The van der Waals surface area contributed by atoms with Crippen LogP contribution in [0.3, 0.4) is 0 Å². The Morgan fingerprint density at radius 1 is 1.33 bits per heavy atom. The molecule has 0 saturated carbocycles. The summed E-state index contributed by atoms with van der Waals surface area (Å²) in [6.07, 6.45) is 2.53. The van der Waals surface area contributed by atoms with Gasteiger partial charge in [0, 0.05) is 25.8 Å². The zero-order valence-electron chi connectivity index (χ0n) is 14.0. The van der Waals surface area contributed by atoms with E-state index in [9.17, 15) is 0 Å². The van der Waals surface area contributed by atoms with Crippen molar-refractivity contribution in [2.75, 3.05) is 24.5 Å². The lowest BCUT2D eigenvalue weighted by atomic mass is 10.1. The predicted octanol–water partition coefficient (Wildman–Crippen LogP) is 2.75. The number of rotatable bonds is 5. The molecule has 0 bridgehead atoms. The van der Waals surface area contributed by atoms with Gasteiger partial charge in [0.15, 0.2) is 0 Å². The Balaban J connectivity index is 2.01. The molecular weight excluding hydrogens is 262 g/mol. The smallest absolute Gasteiger partial charge is 0.131 e. The van der Waals surface area contributed by atoms with Crippen LogP contribution in [0.5, 0.6) is 0 Å². The Bertz CT molecular complexity index is 451. The highest BCUT2D eigenvalue weighted by atomic mass is 16.5. The number of aromatic nitrogens is 1. The van der Waals surface area contributed by atoms with E-state index in [1.165, 1.54) is 11.1 Å². The van der Waals surface area contributed by atoms with Gasteiger partial charge in [-0.15, -0.1) is 0 Å². The van der Waals surface area contributed by atoms with Gasteiger partial charge in [-0.1, -0.05) is 13.8 Å². The third kappa shape index (κ3) is 4.68. The summed E-state index contributed by atoms with van der Waals surface area (Å²) in [5.41, 5.74) is 2.51. The van der Waals surface area contributed by atoms with E-state index in [-0.39, 0.29) is 12.2 Å². The minimum Gasteiger partial charge on any atom is -0.372 e. The largest absolute Gasteiger partial charge is 0.372 e. The van der Waals surface area contributed by atoms with Crippen LogP contribution in [0.2, 0.25) is 0 Å². The lowest BCUT2D eigenvalue weighted by molar-refractivity contribution is -0.00549. The molecule has 0 aromatic carbocycles. The molecule has 1 aliphatic heterocycles. The average molecular weight is 291 g/mol. The van der Waals surface area contributed by atoms with Crippen molar-refractivity contribution < 1.29 is 4.74 Å². The van der Waals surface area contributed by atoms with E-state index in [1.807, 2.05) is 6.20 Å². The van der Waals surface area contributed by atoms with Gasteiger partial charge in [0.1, 0.15) is 5.82 Å². The summed E-state index contributed by atoms with van der Waals surface area (Å²) in [5, 5.41) is 3.47. The first-order valence-corrected chi connectivity index (χ1v) is 8.02. The monoisotopic (exact) mass is 291 g/mol. The maximum absolute atomic E-state index is 5.80. The predicted molar refractivity (Wildman–Crippen MR) is 87.7 cm³/mol. The summed E-state index contributed by atoms with van der Waals surface area (Å²) >= 11 is 0. The second-order valence-corrected chi connectivity index (χ2v) is 6.67. The molecule has 21 heavy (non-hydrogen) atoms. The van der Waals surface area contributed by atoms with Crippen LogP contribution in [-0.2, 0) is 11.3 Å². The van der Waals surface area contributed by atoms with Crippen molar-refractivity contribution in [2.45, 2.75) is 53.4 Å². The third-order valence-corrected chi connectivity index (χ3v) is 3.71. The Morgan fingerprint density at radius 2 is 2.00 bits per heavy atom. The van der Waals surface area contributed by atoms with Crippen molar-refractivity contribution in [3.8, 4) is 0 Å². The highest BCUT2D eigenvalue weighted by Crippen LogP contribution is 2.22. The summed E-state index contributed by atoms with van der Waals surface area (Å²) < 4.78 is 5.80. The standard InChI is InChI=1S/C17H29N3O/c1-12(2)7-18-8-16-6-13(3)17(19-9-16)20-10-14(4)21-15(5)11-20/h6,9,12,14-15,18H,7-8,10-11H2,1-5H3. The minimum absolute atomic E-state index is 0.266. The lowest BCUT2D eigenvalue weighted by Crippen LogP contribution is -2.46. The summed E-state index contributed by atoms with van der Waals surface area (Å²) in [5.74, 6) is 1.78. The van der Waals surface area contributed by atoms with Gasteiger partial charge in [0.05, 0.1) is 12.2 Å². The van der Waals surface area contributed by atoms with Crippen LogP contribution in [0.25, 0.3) is 0 Å². The number of anilines is 1. The molecule has 118 valence electrons. The maximum Gasteiger partial charge on any atom is 0.131 e. The number of ether oxygens (including phenoxy) is 1. The third-order valence-electron chi connectivity index (χ3n) is 3.71. The van der Waals surface area contributed by atoms with Crippen LogP contribution in [0.1, 0.15) is 38.8 Å². The Morgan fingerprint density at radius 3 is 2.57 bits per heavy atom. The van der Waals surface area contributed by atoms with E-state index in [1.54, 1.807) is 0 Å². The van der Waals surface area contributed by atoms with Crippen LogP contribution >= 0.6 is 0 Å². The number of morpholine rings is 1. The molecule has 2 unspecified atom stereocenters. The zero-order valence-corrected chi connectivity index (χ0v) is 14.0. The minimum atomic E-state index is 0.266. The molecule has 1 aromatic heterocycles. The number of hydrogen-bond acceptors (Lipinski definition) is 4. The van der Waals surface area contributed by atoms with E-state index < -0.39 is 0 Å². The average Bonchev–Trinajstić information content (AvgIpc) is 2.37. The van der Waals surface area contributed by atoms with Gasteiger partial charge in [0.2, 0.25) is 0 Å². The lowest BCUT2D eigenvalue weighted by Gasteiger charge is -2.36. The van der Waals surface area contributed by atoms with Crippen LogP contribution < -0.4 is 10.2 Å². The van der Waals surface area contributed by atoms with Crippen LogP contribution in [0.15, 0.2) is 12.3 Å². The van der Waals surface area contributed by atoms with Crippen LogP contribution in [0.4, 0.5) is 5.82 Å². The summed E-state index contributed by atoms with van der Waals surface area (Å²) in [4.78, 5) is 7.05. The summed E-state index contributed by atoms with van der Waals surface area (Å²) in [6.45, 7) is 14.6. The molecule has 0 aliphatic carbocycles. The van der Waals surface area contributed by atoms with E-state index in [0.29, 0.717) is 5.92 Å². The number of aryl methyl sites for hydroxylation is 1. The molecule has 2 rings (SSSR count). The molecule has 1 aliphatic rings. The van der Waals surface area contributed by atoms with Crippen molar-refractivity contribution in [1.82, 2.24) is 10.3 Å². The van der Waals surface area contributed by atoms with Crippen molar-refractivity contribution in [1.29, 1.82) is 0 Å². The van der Waals surface area contributed by atoms with Crippen LogP contribution in [0, 0.1) is 12.8 Å². The first kappa shape index (κ1) is 16.2. The van der Waals surface area contributed by atoms with Gasteiger partial charge in [-0.3, -0.25) is 0 Å². The maximum atomic E-state index is 5.80. The SMILES string of the molecule is Cc1cc(CNCC(C)C)cnc1N1CC(C)OC(C)C1. The molecule has 1 aromatic rings. The quantitative estimate of drug-likeness (QED) is 0.905. The van der Waals surface area contributed by atoms with Gasteiger partial charge in [-0.05, 0) is 50.4 Å². The van der Waals surface area contributed by atoms with Crippen molar-refractivity contribution in [2.24, 2.45) is 5.92 Å². The fourth-order valence-corrected chi connectivity index (χ4v) is 2.91. The van der Waals surface area contributed by atoms with Crippen molar-refractivity contribution in [3.05, 3.63) is 23.4 Å². The molecule has 4 heteroatoms. The van der Waals surface area contributed by atoms with Crippen LogP contribution in [-0.4, -0.2) is 36.8 Å². The number of nitrogens with one attached hydrogen (secondary N) is 1. The van der Waals surface area contributed by atoms with Gasteiger partial charge >= 0.3 is 0 Å². The van der Waals surface area contributed by atoms with E-state index in [2.05, 4.69) is 50.9 Å². The summed E-state index contributed by atoms with van der Waals surface area (Å²) in [7, 11) is 0. The molecule has 1 fully saturated rings. The molecule has 1 saturated heterocycles. The van der Waals surface area contributed by atoms with Gasteiger partial charge in [-0.2, -0.15) is 0 Å². The Kier molecular flexibility index (Phi) is 5.59. The molecular formula is C17H29N3O. The summed E-state index contributed by atoms with van der Waals surface area (Å²) in [6, 6.07) is 2.25. The van der Waals surface area contributed by atoms with Crippen molar-refractivity contribution >= 4 is 5.82 Å². The van der Waals surface area contributed by atoms with Crippen molar-refractivity contribution in [3.63, 3.8) is 0 Å². The first-order valence-electron chi connectivity index (χ1n) is 8.02. The van der Waals surface area contributed by atoms with Gasteiger partial charge in [-0.25, -0.2) is 4.98 Å². The van der Waals surface area contributed by atoms with E-state index in [0.717, 1.165) is 32.0 Å². The molecule has 0 amide bonds. The highest BCUT2D eigenvalue weighted by Gasteiger charge is 2.24. The second-order valence-electron chi connectivity index (χ2n) is 6.67. The number of nitrogens with zero attached hydrogens (tertiary/aromatic N) is 2. The molecule has 2 atom stereocenters. The topological polar surface area (TPSA) is 37.4 Å². The number of hydrogen-bond donors (Lipinski definition) is 1. The van der Waals surface area contributed by atoms with E-state index in [4.69, 9.17) is 9.72 Å². The Hall–Kier alpha value is -1.13. The van der Waals surface area contributed by atoms with E-state index >= 15 is 0 Å². The zero-order chi connectivity index (χ0) is 15.4. The normalized spacial score (nSPS) is 22.9. The fourth-order valence-electron chi connectivity index (χ4n) is 2.91. The first-order chi connectivity index (χ1) is 9.95. The van der Waals surface area contributed by atoms with Gasteiger partial charge in [0.25, 0.3) is 0 Å². The molecule has 1 N–H and O–H groups in total. The highest BCUT2D eigenvalue weighted by molar-refractivity contribution is 5.48. The molecule has 2 heterocycles. The number of pyridine rings is 1. The molecule has 0 spiro atoms. The molecule has 0 radical (unpaired) electrons. The van der Waals surface area contributed by atoms with Gasteiger partial charge < -0.3 is 15.0 Å². The molecule has 4 nitrogen and oxygen atoms in total.